The Morgan fingerprint density at radius 2 is 1.83 bits per heavy atom. The molecule has 1 unspecified atom stereocenters. The molecule has 1 fully saturated rings. The van der Waals surface area contributed by atoms with Gasteiger partial charge >= 0.3 is 0 Å². The van der Waals surface area contributed by atoms with Crippen LogP contribution in [-0.4, -0.2) is 0 Å². The first-order valence-corrected chi connectivity index (χ1v) is 4.93. The molecular formula is C12H16. The van der Waals surface area contributed by atoms with Crippen LogP contribution >= 0.6 is 0 Å². The molecule has 0 aliphatic heterocycles. The summed E-state index contributed by atoms with van der Waals surface area (Å²) in [7, 11) is 0. The van der Waals surface area contributed by atoms with Gasteiger partial charge in [0.25, 0.3) is 0 Å². The summed E-state index contributed by atoms with van der Waals surface area (Å²) in [4.78, 5) is 0. The minimum absolute atomic E-state index is 0.778. The third-order valence-corrected chi connectivity index (χ3v) is 3.18. The van der Waals surface area contributed by atoms with Gasteiger partial charge in [0.2, 0.25) is 0 Å². The molecule has 0 saturated heterocycles. The molecule has 0 N–H and O–H groups in total. The van der Waals surface area contributed by atoms with Gasteiger partial charge < -0.3 is 0 Å². The van der Waals surface area contributed by atoms with Gasteiger partial charge in [0, 0.05) is 0 Å². The Bertz CT molecular complexity index is 233. The highest BCUT2D eigenvalue weighted by Crippen LogP contribution is 2.38. The van der Waals surface area contributed by atoms with E-state index in [2.05, 4.69) is 37.3 Å². The first-order chi connectivity index (χ1) is 5.88. The number of hydrogen-bond acceptors (Lipinski definition) is 0. The SMILES string of the molecule is CC(c1ccccc1)C1CCC1. The van der Waals surface area contributed by atoms with Gasteiger partial charge in [-0.15, -0.1) is 0 Å². The average molecular weight is 160 g/mol. The van der Waals surface area contributed by atoms with Gasteiger partial charge in [0.1, 0.15) is 0 Å². The third kappa shape index (κ3) is 1.38. The van der Waals surface area contributed by atoms with Crippen LogP contribution in [0.25, 0.3) is 0 Å². The second kappa shape index (κ2) is 3.30. The summed E-state index contributed by atoms with van der Waals surface area (Å²) in [6, 6.07) is 10.9. The van der Waals surface area contributed by atoms with Crippen molar-refractivity contribution in [2.75, 3.05) is 0 Å². The Balaban J connectivity index is 2.08. The zero-order chi connectivity index (χ0) is 8.39. The van der Waals surface area contributed by atoms with Crippen molar-refractivity contribution in [1.29, 1.82) is 0 Å². The zero-order valence-corrected chi connectivity index (χ0v) is 7.66. The van der Waals surface area contributed by atoms with Crippen LogP contribution in [0.5, 0.6) is 0 Å². The van der Waals surface area contributed by atoms with E-state index in [9.17, 15) is 0 Å². The second-order valence-corrected chi connectivity index (χ2v) is 3.89. The van der Waals surface area contributed by atoms with Gasteiger partial charge in [0.15, 0.2) is 0 Å². The number of rotatable bonds is 2. The summed E-state index contributed by atoms with van der Waals surface area (Å²) in [6.07, 6.45) is 4.33. The largest absolute Gasteiger partial charge is 0.0622 e. The molecule has 64 valence electrons. The highest BCUT2D eigenvalue weighted by molar-refractivity contribution is 5.19. The third-order valence-electron chi connectivity index (χ3n) is 3.18. The van der Waals surface area contributed by atoms with Gasteiger partial charge in [-0.3, -0.25) is 0 Å². The maximum absolute atomic E-state index is 2.36. The van der Waals surface area contributed by atoms with Gasteiger partial charge in [-0.2, -0.15) is 0 Å². The molecule has 1 atom stereocenters. The van der Waals surface area contributed by atoms with Gasteiger partial charge in [-0.05, 0) is 30.2 Å². The van der Waals surface area contributed by atoms with E-state index in [-0.39, 0.29) is 0 Å². The molecule has 1 aliphatic carbocycles. The van der Waals surface area contributed by atoms with Gasteiger partial charge in [0.05, 0.1) is 0 Å². The Morgan fingerprint density at radius 3 is 2.33 bits per heavy atom. The molecule has 0 nitrogen and oxygen atoms in total. The predicted molar refractivity (Wildman–Crippen MR) is 52.2 cm³/mol. The molecule has 1 aromatic carbocycles. The Kier molecular flexibility index (Phi) is 2.16. The highest BCUT2D eigenvalue weighted by atomic mass is 14.3. The van der Waals surface area contributed by atoms with Crippen LogP contribution in [0.2, 0.25) is 0 Å². The van der Waals surface area contributed by atoms with E-state index < -0.39 is 0 Å². The fourth-order valence-corrected chi connectivity index (χ4v) is 1.97. The smallest absolute Gasteiger partial charge is 0.0162 e. The first-order valence-electron chi connectivity index (χ1n) is 4.93. The van der Waals surface area contributed by atoms with Crippen LogP contribution in [0.15, 0.2) is 30.3 Å². The summed E-state index contributed by atoms with van der Waals surface area (Å²) in [5.74, 6) is 1.74. The summed E-state index contributed by atoms with van der Waals surface area (Å²) >= 11 is 0. The molecule has 0 radical (unpaired) electrons. The summed E-state index contributed by atoms with van der Waals surface area (Å²) < 4.78 is 0. The van der Waals surface area contributed by atoms with Crippen molar-refractivity contribution in [3.8, 4) is 0 Å². The van der Waals surface area contributed by atoms with E-state index in [0.717, 1.165) is 11.8 Å². The van der Waals surface area contributed by atoms with Crippen molar-refractivity contribution >= 4 is 0 Å². The van der Waals surface area contributed by atoms with E-state index in [1.54, 1.807) is 0 Å². The molecule has 0 heterocycles. The minimum Gasteiger partial charge on any atom is -0.0622 e. The van der Waals surface area contributed by atoms with E-state index in [1.807, 2.05) is 0 Å². The molecule has 1 aliphatic rings. The molecule has 2 rings (SSSR count). The van der Waals surface area contributed by atoms with E-state index in [4.69, 9.17) is 0 Å². The highest BCUT2D eigenvalue weighted by Gasteiger charge is 2.24. The van der Waals surface area contributed by atoms with Crippen LogP contribution in [0, 0.1) is 5.92 Å². The van der Waals surface area contributed by atoms with Gasteiger partial charge in [-0.25, -0.2) is 0 Å². The van der Waals surface area contributed by atoms with Crippen molar-refractivity contribution in [2.24, 2.45) is 5.92 Å². The zero-order valence-electron chi connectivity index (χ0n) is 7.66. The molecule has 0 bridgehead atoms. The second-order valence-electron chi connectivity index (χ2n) is 3.89. The van der Waals surface area contributed by atoms with Crippen molar-refractivity contribution in [1.82, 2.24) is 0 Å². The molecule has 0 spiro atoms. The lowest BCUT2D eigenvalue weighted by Crippen LogP contribution is -2.17. The fourth-order valence-electron chi connectivity index (χ4n) is 1.97. The molecular weight excluding hydrogens is 144 g/mol. The lowest BCUT2D eigenvalue weighted by Gasteiger charge is -2.31. The van der Waals surface area contributed by atoms with Crippen molar-refractivity contribution < 1.29 is 0 Å². The summed E-state index contributed by atoms with van der Waals surface area (Å²) in [5.41, 5.74) is 1.52. The lowest BCUT2D eigenvalue weighted by molar-refractivity contribution is 0.272. The van der Waals surface area contributed by atoms with Crippen LogP contribution < -0.4 is 0 Å². The van der Waals surface area contributed by atoms with E-state index in [1.165, 1.54) is 24.8 Å². The van der Waals surface area contributed by atoms with Crippen LogP contribution in [0.4, 0.5) is 0 Å². The summed E-state index contributed by atoms with van der Waals surface area (Å²) in [5, 5.41) is 0. The maximum atomic E-state index is 2.36. The first kappa shape index (κ1) is 7.85. The quantitative estimate of drug-likeness (QED) is 0.620. The number of benzene rings is 1. The maximum Gasteiger partial charge on any atom is -0.0162 e. The van der Waals surface area contributed by atoms with Crippen molar-refractivity contribution in [3.05, 3.63) is 35.9 Å². The van der Waals surface area contributed by atoms with E-state index in [0.29, 0.717) is 0 Å². The summed E-state index contributed by atoms with van der Waals surface area (Å²) in [6.45, 7) is 2.36. The molecule has 1 aromatic rings. The fraction of sp³-hybridized carbons (Fsp3) is 0.500. The van der Waals surface area contributed by atoms with Crippen LogP contribution in [-0.2, 0) is 0 Å². The Hall–Kier alpha value is -0.780. The van der Waals surface area contributed by atoms with Crippen LogP contribution in [0.3, 0.4) is 0 Å². The molecule has 12 heavy (non-hydrogen) atoms. The predicted octanol–water partition coefficient (Wildman–Crippen LogP) is 3.59. The average Bonchev–Trinajstić information content (AvgIpc) is 2.03. The minimum atomic E-state index is 0.778. The van der Waals surface area contributed by atoms with Crippen molar-refractivity contribution in [2.45, 2.75) is 32.1 Å². The normalized spacial score (nSPS) is 20.1. The Labute approximate surface area is 74.6 Å². The Morgan fingerprint density at radius 1 is 1.17 bits per heavy atom. The molecule has 0 heteroatoms. The number of hydrogen-bond donors (Lipinski definition) is 0. The topological polar surface area (TPSA) is 0 Å². The monoisotopic (exact) mass is 160 g/mol. The molecule has 0 aromatic heterocycles. The van der Waals surface area contributed by atoms with E-state index >= 15 is 0 Å². The standard InChI is InChI=1S/C12H16/c1-10(12-8-5-9-12)11-6-3-2-4-7-11/h2-4,6-7,10,12H,5,8-9H2,1H3. The van der Waals surface area contributed by atoms with Crippen molar-refractivity contribution in [3.63, 3.8) is 0 Å². The molecule has 1 saturated carbocycles. The van der Waals surface area contributed by atoms with Crippen LogP contribution in [0.1, 0.15) is 37.7 Å². The molecule has 0 amide bonds. The lowest BCUT2D eigenvalue weighted by atomic mass is 9.74. The van der Waals surface area contributed by atoms with Gasteiger partial charge in [-0.1, -0.05) is 43.7 Å².